The van der Waals surface area contributed by atoms with E-state index in [1.54, 1.807) is 31.4 Å². The van der Waals surface area contributed by atoms with E-state index >= 15 is 0 Å². The molecule has 3 rings (SSSR count). The molecule has 0 bridgehead atoms. The maximum Gasteiger partial charge on any atom is 0.250 e. The normalized spacial score (nSPS) is 11.0. The molecule has 33 heavy (non-hydrogen) atoms. The molecule has 1 N–H and O–H groups in total. The Bertz CT molecular complexity index is 1110. The molecule has 0 aliphatic carbocycles. The van der Waals surface area contributed by atoms with E-state index in [-0.39, 0.29) is 5.91 Å². The molecule has 0 atom stereocenters. The van der Waals surface area contributed by atoms with Crippen LogP contribution in [0.3, 0.4) is 0 Å². The predicted molar refractivity (Wildman–Crippen MR) is 138 cm³/mol. The summed E-state index contributed by atoms with van der Waals surface area (Å²) in [5.41, 5.74) is 2.26. The van der Waals surface area contributed by atoms with Gasteiger partial charge in [-0.25, -0.2) is 4.98 Å². The third-order valence-corrected chi connectivity index (χ3v) is 6.12. The van der Waals surface area contributed by atoms with Crippen molar-refractivity contribution in [1.82, 2.24) is 4.98 Å². The molecule has 0 aliphatic heterocycles. The van der Waals surface area contributed by atoms with Gasteiger partial charge in [0.25, 0.3) is 0 Å². The average Bonchev–Trinajstić information content (AvgIpc) is 3.25. The average molecular weight is 505 g/mol. The Morgan fingerprint density at radius 1 is 1.12 bits per heavy atom. The molecule has 0 aliphatic rings. The molecular formula is C25H26Cl2N2O3S. The van der Waals surface area contributed by atoms with Gasteiger partial charge in [0.15, 0.2) is 16.6 Å². The van der Waals surface area contributed by atoms with E-state index in [9.17, 15) is 4.79 Å². The largest absolute Gasteiger partial charge is 0.493 e. The second-order valence-electron chi connectivity index (χ2n) is 7.30. The minimum atomic E-state index is -0.284. The van der Waals surface area contributed by atoms with Gasteiger partial charge in [0, 0.05) is 22.0 Å². The van der Waals surface area contributed by atoms with E-state index in [1.165, 1.54) is 30.3 Å². The first kappa shape index (κ1) is 25.1. The van der Waals surface area contributed by atoms with Gasteiger partial charge in [-0.2, -0.15) is 0 Å². The summed E-state index contributed by atoms with van der Waals surface area (Å²) in [6, 6.07) is 10.8. The number of unbranched alkanes of at least 4 members (excludes halogenated alkanes) is 3. The van der Waals surface area contributed by atoms with E-state index in [0.717, 1.165) is 24.0 Å². The van der Waals surface area contributed by atoms with Crippen LogP contribution in [0.25, 0.3) is 17.3 Å². The van der Waals surface area contributed by atoms with Crippen LogP contribution in [0.5, 0.6) is 11.5 Å². The zero-order chi connectivity index (χ0) is 23.6. The highest BCUT2D eigenvalue weighted by molar-refractivity contribution is 7.14. The topological polar surface area (TPSA) is 60.5 Å². The van der Waals surface area contributed by atoms with Crippen molar-refractivity contribution in [2.24, 2.45) is 0 Å². The van der Waals surface area contributed by atoms with Crippen LogP contribution in [0, 0.1) is 0 Å². The molecule has 0 radical (unpaired) electrons. The number of nitrogens with zero attached hydrogens (tertiary/aromatic N) is 1. The molecule has 5 nitrogen and oxygen atoms in total. The number of hydrogen-bond acceptors (Lipinski definition) is 5. The first-order valence-electron chi connectivity index (χ1n) is 10.7. The molecule has 1 aromatic heterocycles. The highest BCUT2D eigenvalue weighted by atomic mass is 35.5. The third-order valence-electron chi connectivity index (χ3n) is 4.81. The minimum absolute atomic E-state index is 0.284. The van der Waals surface area contributed by atoms with Crippen LogP contribution in [-0.4, -0.2) is 24.6 Å². The van der Waals surface area contributed by atoms with Gasteiger partial charge in [-0.3, -0.25) is 10.1 Å². The molecule has 0 fully saturated rings. The molecule has 8 heteroatoms. The molecule has 0 spiro atoms. The summed E-state index contributed by atoms with van der Waals surface area (Å²) in [6.45, 7) is 2.84. The van der Waals surface area contributed by atoms with Crippen LogP contribution in [-0.2, 0) is 4.79 Å². The quantitative estimate of drug-likeness (QED) is 0.214. The molecule has 0 saturated heterocycles. The lowest BCUT2D eigenvalue weighted by Gasteiger charge is -2.11. The third kappa shape index (κ3) is 7.49. The first-order valence-corrected chi connectivity index (χ1v) is 12.3. The van der Waals surface area contributed by atoms with E-state index in [4.69, 9.17) is 32.7 Å². The summed E-state index contributed by atoms with van der Waals surface area (Å²) in [6.07, 6.45) is 7.75. The van der Waals surface area contributed by atoms with Crippen molar-refractivity contribution in [2.75, 3.05) is 19.0 Å². The van der Waals surface area contributed by atoms with Crippen LogP contribution in [0.15, 0.2) is 47.9 Å². The SMILES string of the molecule is CCCCCCOc1ccc(/C=C/C(=O)Nc2nc(-c3ccc(Cl)cc3Cl)cs2)cc1OC. The van der Waals surface area contributed by atoms with Crippen LogP contribution in [0.4, 0.5) is 5.13 Å². The van der Waals surface area contributed by atoms with Crippen molar-refractivity contribution in [3.63, 3.8) is 0 Å². The van der Waals surface area contributed by atoms with Gasteiger partial charge in [0.05, 0.1) is 24.4 Å². The monoisotopic (exact) mass is 504 g/mol. The smallest absolute Gasteiger partial charge is 0.250 e. The second-order valence-corrected chi connectivity index (χ2v) is 9.01. The van der Waals surface area contributed by atoms with Gasteiger partial charge in [0.2, 0.25) is 5.91 Å². The van der Waals surface area contributed by atoms with Crippen molar-refractivity contribution >= 4 is 51.7 Å². The second kappa shape index (κ2) is 12.6. The molecule has 1 heterocycles. The van der Waals surface area contributed by atoms with Gasteiger partial charge < -0.3 is 9.47 Å². The fourth-order valence-corrected chi connectivity index (χ4v) is 4.31. The highest BCUT2D eigenvalue weighted by Crippen LogP contribution is 2.32. The fraction of sp³-hybridized carbons (Fsp3) is 0.280. The summed E-state index contributed by atoms with van der Waals surface area (Å²) < 4.78 is 11.3. The van der Waals surface area contributed by atoms with Crippen molar-refractivity contribution in [1.29, 1.82) is 0 Å². The summed E-state index contributed by atoms with van der Waals surface area (Å²) in [5, 5.41) is 6.15. The number of rotatable bonds is 11. The predicted octanol–water partition coefficient (Wildman–Crippen LogP) is 7.74. The van der Waals surface area contributed by atoms with Gasteiger partial charge in [-0.1, -0.05) is 55.5 Å². The number of aromatic nitrogens is 1. The molecule has 2 aromatic carbocycles. The highest BCUT2D eigenvalue weighted by Gasteiger charge is 2.10. The first-order chi connectivity index (χ1) is 16.0. The number of anilines is 1. The Balaban J connectivity index is 1.58. The molecular weight excluding hydrogens is 479 g/mol. The van der Waals surface area contributed by atoms with E-state index in [1.807, 2.05) is 23.6 Å². The summed E-state index contributed by atoms with van der Waals surface area (Å²) in [7, 11) is 1.60. The van der Waals surface area contributed by atoms with Gasteiger partial charge in [-0.15, -0.1) is 11.3 Å². The Morgan fingerprint density at radius 2 is 1.97 bits per heavy atom. The fourth-order valence-electron chi connectivity index (χ4n) is 3.09. The van der Waals surface area contributed by atoms with E-state index < -0.39 is 0 Å². The maximum atomic E-state index is 12.4. The van der Waals surface area contributed by atoms with Crippen LogP contribution >= 0.6 is 34.5 Å². The van der Waals surface area contributed by atoms with Gasteiger partial charge >= 0.3 is 0 Å². The van der Waals surface area contributed by atoms with E-state index in [2.05, 4.69) is 17.2 Å². The summed E-state index contributed by atoms with van der Waals surface area (Å²) in [4.78, 5) is 16.8. The van der Waals surface area contributed by atoms with Crippen molar-refractivity contribution < 1.29 is 14.3 Å². The number of hydrogen-bond donors (Lipinski definition) is 1. The maximum absolute atomic E-state index is 12.4. The number of halogens is 2. The van der Waals surface area contributed by atoms with Crippen molar-refractivity contribution in [3.05, 3.63) is 63.5 Å². The Morgan fingerprint density at radius 3 is 2.73 bits per heavy atom. The summed E-state index contributed by atoms with van der Waals surface area (Å²) in [5.74, 6) is 1.05. The van der Waals surface area contributed by atoms with Crippen LogP contribution in [0.2, 0.25) is 10.0 Å². The standard InChI is InChI=1S/C25H26Cl2N2O3S/c1-3-4-5-6-13-32-22-11-7-17(14-23(22)31-2)8-12-24(30)29-25-28-21(16-33-25)19-10-9-18(26)15-20(19)27/h7-12,14-16H,3-6,13H2,1-2H3,(H,28,29,30)/b12-8+. The van der Waals surface area contributed by atoms with E-state index in [0.29, 0.717) is 39.0 Å². The Hall–Kier alpha value is -2.54. The lowest BCUT2D eigenvalue weighted by atomic mass is 10.2. The lowest BCUT2D eigenvalue weighted by Crippen LogP contribution is -2.07. The summed E-state index contributed by atoms with van der Waals surface area (Å²) >= 11 is 13.5. The number of benzene rings is 2. The molecule has 0 saturated carbocycles. The molecule has 174 valence electrons. The molecule has 1 amide bonds. The number of ether oxygens (including phenoxy) is 2. The number of thiazole rings is 1. The van der Waals surface area contributed by atoms with Crippen LogP contribution in [0.1, 0.15) is 38.2 Å². The Kier molecular flexibility index (Phi) is 9.61. The van der Waals surface area contributed by atoms with Crippen molar-refractivity contribution in [2.45, 2.75) is 32.6 Å². The molecule has 3 aromatic rings. The zero-order valence-corrected chi connectivity index (χ0v) is 20.9. The van der Waals surface area contributed by atoms with Crippen molar-refractivity contribution in [3.8, 4) is 22.8 Å². The number of amides is 1. The van der Waals surface area contributed by atoms with Gasteiger partial charge in [0.1, 0.15) is 0 Å². The molecule has 0 unspecified atom stereocenters. The number of carbonyl (C=O) groups is 1. The van der Waals surface area contributed by atoms with Gasteiger partial charge in [-0.05, 0) is 48.4 Å². The van der Waals surface area contributed by atoms with Crippen LogP contribution < -0.4 is 14.8 Å². The number of methoxy groups -OCH3 is 1. The zero-order valence-electron chi connectivity index (χ0n) is 18.6. The number of nitrogens with one attached hydrogen (secondary N) is 1. The lowest BCUT2D eigenvalue weighted by molar-refractivity contribution is -0.111. The Labute approximate surface area is 208 Å². The minimum Gasteiger partial charge on any atom is -0.493 e. The number of carbonyl (C=O) groups excluding carboxylic acids is 1.